The molecule has 0 aromatic carbocycles. The first kappa shape index (κ1) is 11.8. The van der Waals surface area contributed by atoms with Crippen LogP contribution in [0.5, 0.6) is 0 Å². The first-order chi connectivity index (χ1) is 7.72. The molecule has 3 atom stereocenters. The summed E-state index contributed by atoms with van der Waals surface area (Å²) in [6.07, 6.45) is -11.6. The van der Waals surface area contributed by atoms with Gasteiger partial charge in [-0.05, 0) is 6.92 Å². The Morgan fingerprint density at radius 1 is 1.24 bits per heavy atom. The van der Waals surface area contributed by atoms with Crippen molar-refractivity contribution >= 4 is 12.3 Å². The monoisotopic (exact) mass is 256 g/mol. The summed E-state index contributed by atoms with van der Waals surface area (Å²) in [5, 5.41) is 0. The van der Waals surface area contributed by atoms with Gasteiger partial charge < -0.3 is 18.9 Å². The van der Waals surface area contributed by atoms with Gasteiger partial charge in [-0.15, -0.1) is 0 Å². The molecule has 2 saturated heterocycles. The van der Waals surface area contributed by atoms with Crippen molar-refractivity contribution in [3.63, 3.8) is 0 Å². The maximum atomic E-state index is 12.6. The van der Waals surface area contributed by atoms with E-state index in [2.05, 4.69) is 18.9 Å². The second-order valence-electron chi connectivity index (χ2n) is 3.82. The van der Waals surface area contributed by atoms with Crippen molar-refractivity contribution in [3.05, 3.63) is 0 Å². The Hall–Kier alpha value is -1.67. The SMILES string of the molecule is CC1(C2OC(=O)OC2C(F)(F)F)COC(=O)O1. The van der Waals surface area contributed by atoms with Crippen LogP contribution in [-0.4, -0.2) is 42.9 Å². The summed E-state index contributed by atoms with van der Waals surface area (Å²) >= 11 is 0. The van der Waals surface area contributed by atoms with Crippen LogP contribution in [0.3, 0.4) is 0 Å². The number of cyclic esters (lactones) is 4. The van der Waals surface area contributed by atoms with Crippen LogP contribution in [0.15, 0.2) is 0 Å². The molecule has 0 radical (unpaired) electrons. The van der Waals surface area contributed by atoms with Gasteiger partial charge in [0, 0.05) is 0 Å². The lowest BCUT2D eigenvalue weighted by Crippen LogP contribution is -2.52. The van der Waals surface area contributed by atoms with Gasteiger partial charge in [-0.1, -0.05) is 0 Å². The Labute approximate surface area is 92.6 Å². The topological polar surface area (TPSA) is 71.1 Å². The Bertz CT molecular complexity index is 367. The quantitative estimate of drug-likeness (QED) is 0.660. The van der Waals surface area contributed by atoms with Gasteiger partial charge in [0.1, 0.15) is 6.61 Å². The van der Waals surface area contributed by atoms with E-state index in [0.29, 0.717) is 0 Å². The van der Waals surface area contributed by atoms with Gasteiger partial charge in [-0.3, -0.25) is 0 Å². The molecule has 0 amide bonds. The number of hydrogen-bond donors (Lipinski definition) is 0. The standard InChI is InChI=1S/C8H7F3O6/c1-7(2-14-5(12)17-7)3-4(8(9,10)11)16-6(13)15-3/h3-4H,2H2,1H3. The summed E-state index contributed by atoms with van der Waals surface area (Å²) in [5.74, 6) is 0. The minimum atomic E-state index is -4.81. The molecule has 0 N–H and O–H groups in total. The number of rotatable bonds is 1. The smallest absolute Gasteiger partial charge is 0.430 e. The van der Waals surface area contributed by atoms with E-state index in [9.17, 15) is 22.8 Å². The summed E-state index contributed by atoms with van der Waals surface area (Å²) in [5.41, 5.74) is -1.70. The van der Waals surface area contributed by atoms with Crippen LogP contribution in [0.1, 0.15) is 6.92 Å². The summed E-state index contributed by atoms with van der Waals surface area (Å²) < 4.78 is 55.1. The minimum Gasteiger partial charge on any atom is -0.430 e. The van der Waals surface area contributed by atoms with Crippen LogP contribution in [0.4, 0.5) is 22.8 Å². The molecule has 2 heterocycles. The molecule has 2 aliphatic rings. The van der Waals surface area contributed by atoms with Gasteiger partial charge in [-0.2, -0.15) is 13.2 Å². The molecule has 0 spiro atoms. The highest BCUT2D eigenvalue weighted by Crippen LogP contribution is 2.39. The highest BCUT2D eigenvalue weighted by molar-refractivity contribution is 5.65. The molecule has 2 fully saturated rings. The molecule has 0 saturated carbocycles. The molecular weight excluding hydrogens is 249 g/mol. The summed E-state index contributed by atoms with van der Waals surface area (Å²) in [7, 11) is 0. The molecule has 0 aromatic rings. The number of alkyl halides is 3. The number of ether oxygens (including phenoxy) is 4. The van der Waals surface area contributed by atoms with Gasteiger partial charge in [0.05, 0.1) is 0 Å². The van der Waals surface area contributed by atoms with Crippen molar-refractivity contribution in [2.45, 2.75) is 30.9 Å². The Morgan fingerprint density at radius 2 is 1.88 bits per heavy atom. The van der Waals surface area contributed by atoms with Crippen molar-refractivity contribution in [2.24, 2.45) is 0 Å². The molecule has 96 valence electrons. The van der Waals surface area contributed by atoms with Gasteiger partial charge in [0.25, 0.3) is 0 Å². The van der Waals surface area contributed by atoms with E-state index in [1.165, 1.54) is 6.92 Å². The third-order valence-corrected chi connectivity index (χ3v) is 2.44. The van der Waals surface area contributed by atoms with E-state index in [1.807, 2.05) is 0 Å². The van der Waals surface area contributed by atoms with E-state index in [-0.39, 0.29) is 0 Å². The van der Waals surface area contributed by atoms with E-state index >= 15 is 0 Å². The second kappa shape index (κ2) is 3.41. The molecule has 9 heteroatoms. The lowest BCUT2D eigenvalue weighted by molar-refractivity contribution is -0.217. The lowest BCUT2D eigenvalue weighted by atomic mass is 9.95. The fourth-order valence-corrected chi connectivity index (χ4v) is 1.63. The van der Waals surface area contributed by atoms with Crippen LogP contribution in [-0.2, 0) is 18.9 Å². The third kappa shape index (κ3) is 1.96. The van der Waals surface area contributed by atoms with E-state index in [0.717, 1.165) is 0 Å². The number of carbonyl (C=O) groups is 2. The molecule has 6 nitrogen and oxygen atoms in total. The molecule has 0 bridgehead atoms. The Morgan fingerprint density at radius 3 is 2.35 bits per heavy atom. The summed E-state index contributed by atoms with van der Waals surface area (Å²) in [6.45, 7) is 0.725. The van der Waals surface area contributed by atoms with Crippen molar-refractivity contribution in [3.8, 4) is 0 Å². The van der Waals surface area contributed by atoms with E-state index in [1.54, 1.807) is 0 Å². The fraction of sp³-hybridized carbons (Fsp3) is 0.750. The highest BCUT2D eigenvalue weighted by atomic mass is 19.4. The Kier molecular flexibility index (Phi) is 2.37. The van der Waals surface area contributed by atoms with Gasteiger partial charge >= 0.3 is 18.5 Å². The molecule has 2 rings (SSSR count). The van der Waals surface area contributed by atoms with Crippen LogP contribution in [0.25, 0.3) is 0 Å². The van der Waals surface area contributed by atoms with E-state index < -0.39 is 42.9 Å². The molecule has 0 aliphatic carbocycles. The largest absolute Gasteiger partial charge is 0.509 e. The number of carbonyl (C=O) groups excluding carboxylic acids is 2. The first-order valence-electron chi connectivity index (χ1n) is 4.52. The Balaban J connectivity index is 2.24. The zero-order valence-electron chi connectivity index (χ0n) is 8.45. The maximum Gasteiger partial charge on any atom is 0.509 e. The maximum absolute atomic E-state index is 12.6. The number of halogens is 3. The predicted molar refractivity (Wildman–Crippen MR) is 42.0 cm³/mol. The highest BCUT2D eigenvalue weighted by Gasteiger charge is 2.63. The van der Waals surface area contributed by atoms with Gasteiger partial charge in [0.15, 0.2) is 11.7 Å². The van der Waals surface area contributed by atoms with Crippen LogP contribution < -0.4 is 0 Å². The van der Waals surface area contributed by atoms with Crippen molar-refractivity contribution in [1.82, 2.24) is 0 Å². The van der Waals surface area contributed by atoms with Gasteiger partial charge in [0.2, 0.25) is 6.10 Å². The zero-order chi connectivity index (χ0) is 12.8. The summed E-state index contributed by atoms with van der Waals surface area (Å²) in [6, 6.07) is 0. The van der Waals surface area contributed by atoms with Crippen molar-refractivity contribution in [2.75, 3.05) is 6.61 Å². The lowest BCUT2D eigenvalue weighted by Gasteiger charge is -2.28. The van der Waals surface area contributed by atoms with Crippen LogP contribution in [0, 0.1) is 0 Å². The minimum absolute atomic E-state index is 0.445. The fourth-order valence-electron chi connectivity index (χ4n) is 1.63. The zero-order valence-corrected chi connectivity index (χ0v) is 8.45. The van der Waals surface area contributed by atoms with Gasteiger partial charge in [-0.25, -0.2) is 9.59 Å². The summed E-state index contributed by atoms with van der Waals surface area (Å²) in [4.78, 5) is 21.5. The predicted octanol–water partition coefficient (Wildman–Crippen LogP) is 1.38. The van der Waals surface area contributed by atoms with Crippen LogP contribution in [0.2, 0.25) is 0 Å². The molecule has 2 aliphatic heterocycles. The second-order valence-corrected chi connectivity index (χ2v) is 3.82. The molecule has 3 unspecified atom stereocenters. The van der Waals surface area contributed by atoms with Crippen molar-refractivity contribution in [1.29, 1.82) is 0 Å². The average molecular weight is 256 g/mol. The van der Waals surface area contributed by atoms with Crippen molar-refractivity contribution < 1.29 is 41.7 Å². The average Bonchev–Trinajstić information content (AvgIpc) is 2.70. The number of hydrogen-bond acceptors (Lipinski definition) is 6. The third-order valence-electron chi connectivity index (χ3n) is 2.44. The normalized spacial score (nSPS) is 37.2. The molecule has 0 aromatic heterocycles. The first-order valence-corrected chi connectivity index (χ1v) is 4.52. The van der Waals surface area contributed by atoms with E-state index in [4.69, 9.17) is 0 Å². The molecule has 17 heavy (non-hydrogen) atoms. The van der Waals surface area contributed by atoms with Crippen LogP contribution >= 0.6 is 0 Å². The molecular formula is C8H7F3O6.